The van der Waals surface area contributed by atoms with Crippen molar-refractivity contribution in [1.29, 1.82) is 0 Å². The first kappa shape index (κ1) is 63.3. The van der Waals surface area contributed by atoms with Crippen LogP contribution in [0.1, 0.15) is 147 Å². The third-order valence-electron chi connectivity index (χ3n) is 16.8. The number of carbonyl (C=O) groups excluding carboxylic acids is 4. The summed E-state index contributed by atoms with van der Waals surface area (Å²) in [4.78, 5) is 81.4. The average Bonchev–Trinajstić information content (AvgIpc) is 1.85. The number of aliphatic hydroxyl groups is 1. The minimum absolute atomic E-state index is 0.00715. The maximum absolute atomic E-state index is 17.3. The number of β-amino-alcohol motifs (C(OH)–C–C–N with tert-alkyl or cyclic N) is 1. The molecule has 4 saturated heterocycles. The van der Waals surface area contributed by atoms with Crippen LogP contribution in [0.5, 0.6) is 6.01 Å². The van der Waals surface area contributed by atoms with Crippen LogP contribution in [0.4, 0.5) is 34.0 Å². The number of aromatic nitrogens is 4. The zero-order valence-electron chi connectivity index (χ0n) is 50.0. The Morgan fingerprint density at radius 2 is 1.62 bits per heavy atom. The van der Waals surface area contributed by atoms with Crippen LogP contribution in [0.15, 0.2) is 41.9 Å². The van der Waals surface area contributed by atoms with Crippen LogP contribution in [-0.4, -0.2) is 145 Å². The second-order valence-electron chi connectivity index (χ2n) is 25.6. The molecule has 9 rings (SSSR count). The number of thiazole rings is 1. The van der Waals surface area contributed by atoms with E-state index in [4.69, 9.17) is 31.8 Å². The molecule has 7 heterocycles. The van der Waals surface area contributed by atoms with Gasteiger partial charge in [-0.25, -0.2) is 19.2 Å². The number of amides is 3. The topological polar surface area (TPSA) is 210 Å². The number of carbonyl (C=O) groups is 4. The van der Waals surface area contributed by atoms with Crippen LogP contribution in [0.25, 0.3) is 32.6 Å². The maximum atomic E-state index is 17.3. The van der Waals surface area contributed by atoms with Crippen LogP contribution in [0.3, 0.4) is 0 Å². The number of Topliss-reactive ketones (excluding diaryl/α,β-unsaturated/α-hetero) is 1. The molecule has 4 N–H and O–H groups in total. The number of halogens is 5. The summed E-state index contributed by atoms with van der Waals surface area (Å²) in [6.07, 6.45) is 0.354. The number of aryl methyl sites for hydroxylation is 2. The summed E-state index contributed by atoms with van der Waals surface area (Å²) in [7, 11) is 0. The zero-order chi connectivity index (χ0) is 61.4. The summed E-state index contributed by atoms with van der Waals surface area (Å²) in [6, 6.07) is 8.02. The molecule has 17 nitrogen and oxygen atoms in total. The van der Waals surface area contributed by atoms with Crippen LogP contribution in [0.2, 0.25) is 5.02 Å². The molecule has 4 fully saturated rings. The van der Waals surface area contributed by atoms with E-state index in [2.05, 4.69) is 25.2 Å². The normalized spacial score (nSPS) is 21.0. The van der Waals surface area contributed by atoms with Crippen molar-refractivity contribution in [1.82, 2.24) is 40.0 Å². The number of hydrogen-bond donors (Lipinski definition) is 3. The lowest BCUT2D eigenvalue weighted by Crippen LogP contribution is -2.57. The van der Waals surface area contributed by atoms with Crippen molar-refractivity contribution < 1.29 is 51.3 Å². The molecule has 2 bridgehead atoms. The number of pyridine rings is 1. The van der Waals surface area contributed by atoms with Gasteiger partial charge < -0.3 is 35.4 Å². The highest BCUT2D eigenvalue weighted by Crippen LogP contribution is 2.46. The van der Waals surface area contributed by atoms with E-state index >= 15 is 4.39 Å². The molecule has 85 heavy (non-hydrogen) atoms. The molecule has 0 radical (unpaired) electrons. The van der Waals surface area contributed by atoms with Gasteiger partial charge in [-0.15, -0.1) is 11.3 Å². The quantitative estimate of drug-likeness (QED) is 0.0519. The monoisotopic (exact) mass is 1220 g/mol. The number of ether oxygens (including phenoxy) is 2. The molecule has 0 spiro atoms. The standard InChI is InChI=1S/C62H79ClF4N10O7S/c1-34(37-17-19-38(20-18-37)54-36(3)69-33-85-54)25-46(79)45-27-42(78)31-76(45)57(81)55(60(4,5)6)71-48(80)16-12-10-11-13-23-74-24-14-15-41(74)32-83-58-72-52-43(28-44(63)49(51(52)64)53-50(62(65,66)67)35(2)26-47(68)70-53)56(73-58)75-29-39-21-22-40(30-75)77(39)59(82)84-61(7,8)9/h17-20,26,28,33-34,39-42,45,55,78H,10-16,21-25,27,29-32H2,1-9H3,(H2,68,70)(H,71,80)/t34-,39?,40?,41+,42-,45+,55-/m1/s1. The molecule has 3 amide bonds. The van der Waals surface area contributed by atoms with Gasteiger partial charge in [-0.05, 0) is 126 Å². The number of piperazine rings is 1. The van der Waals surface area contributed by atoms with E-state index in [9.17, 15) is 37.5 Å². The summed E-state index contributed by atoms with van der Waals surface area (Å²) in [5.74, 6) is -2.06. The van der Waals surface area contributed by atoms with Gasteiger partial charge in [-0.2, -0.15) is 23.1 Å². The van der Waals surface area contributed by atoms with Crippen LogP contribution < -0.4 is 20.7 Å². The average molecular weight is 1220 g/mol. The fourth-order valence-corrected chi connectivity index (χ4v) is 13.7. The number of aliphatic hydroxyl groups excluding tert-OH is 1. The lowest BCUT2D eigenvalue weighted by atomic mass is 9.85. The van der Waals surface area contributed by atoms with E-state index in [1.807, 2.05) is 69.3 Å². The fourth-order valence-electron chi connectivity index (χ4n) is 12.6. The van der Waals surface area contributed by atoms with Gasteiger partial charge >= 0.3 is 18.3 Å². The van der Waals surface area contributed by atoms with Gasteiger partial charge in [-0.1, -0.05) is 76.4 Å². The van der Waals surface area contributed by atoms with Crippen molar-refractivity contribution in [2.75, 3.05) is 50.0 Å². The Labute approximate surface area is 503 Å². The molecule has 2 aromatic carbocycles. The van der Waals surface area contributed by atoms with Crippen LogP contribution >= 0.6 is 22.9 Å². The molecule has 0 saturated carbocycles. The van der Waals surface area contributed by atoms with Crippen LogP contribution in [-0.2, 0) is 25.3 Å². The summed E-state index contributed by atoms with van der Waals surface area (Å²) < 4.78 is 73.3. The molecule has 4 aliphatic heterocycles. The first-order valence-corrected chi connectivity index (χ1v) is 30.8. The Morgan fingerprint density at radius 1 is 0.929 bits per heavy atom. The van der Waals surface area contributed by atoms with Gasteiger partial charge in [0.1, 0.15) is 35.4 Å². The number of nitrogens with zero attached hydrogens (tertiary/aromatic N) is 8. The van der Waals surface area contributed by atoms with E-state index in [1.165, 1.54) is 17.9 Å². The SMILES string of the molecule is Cc1cc(N)nc(-c2c(Cl)cc3c(N4CC5CCC(C4)N5C(=O)OC(C)(C)C)nc(OC[C@@H]4CCCN4CCCCCCC(=O)N[C@H](C(=O)N4C[C@H](O)C[C@H]4C(=O)C[C@@H](C)c4ccc(-c5scnc5C)cc4)C(C)(C)C)nc3c2F)c1C(F)(F)F. The van der Waals surface area contributed by atoms with Crippen molar-refractivity contribution in [3.63, 3.8) is 0 Å². The number of nitrogens with one attached hydrogen (secondary N) is 1. The second-order valence-corrected chi connectivity index (χ2v) is 26.8. The Hall–Kier alpha value is -6.23. The third-order valence-corrected chi connectivity index (χ3v) is 18.1. The van der Waals surface area contributed by atoms with Crippen molar-refractivity contribution in [2.45, 2.75) is 187 Å². The van der Waals surface area contributed by atoms with Gasteiger partial charge in [0, 0.05) is 50.3 Å². The molecule has 23 heteroatoms. The summed E-state index contributed by atoms with van der Waals surface area (Å²) in [5.41, 5.74) is 6.25. The van der Waals surface area contributed by atoms with Crippen molar-refractivity contribution in [3.05, 3.63) is 75.1 Å². The number of nitrogens with two attached hydrogens (primary N) is 1. The highest BCUT2D eigenvalue weighted by atomic mass is 35.5. The number of fused-ring (bicyclic) bond motifs is 3. The maximum Gasteiger partial charge on any atom is 0.418 e. The first-order chi connectivity index (χ1) is 40.1. The highest BCUT2D eigenvalue weighted by Gasteiger charge is 2.47. The molecule has 5 aromatic rings. The summed E-state index contributed by atoms with van der Waals surface area (Å²) >= 11 is 8.34. The second kappa shape index (κ2) is 25.6. The fraction of sp³-hybridized carbons (Fsp3) is 0.581. The third kappa shape index (κ3) is 14.5. The number of anilines is 2. The van der Waals surface area contributed by atoms with Gasteiger partial charge in [0.05, 0.1) is 62.2 Å². The number of unbranched alkanes of at least 4 members (excludes halogenated alkanes) is 3. The van der Waals surface area contributed by atoms with E-state index in [1.54, 1.807) is 37.0 Å². The molecule has 460 valence electrons. The largest absolute Gasteiger partial charge is 0.462 e. The lowest BCUT2D eigenvalue weighted by molar-refractivity contribution is -0.143. The lowest BCUT2D eigenvalue weighted by Gasteiger charge is -2.42. The van der Waals surface area contributed by atoms with E-state index in [-0.39, 0.29) is 113 Å². The number of benzene rings is 2. The highest BCUT2D eigenvalue weighted by molar-refractivity contribution is 7.13. The number of nitrogen functional groups attached to an aromatic ring is 1. The van der Waals surface area contributed by atoms with E-state index < -0.39 is 64.1 Å². The first-order valence-electron chi connectivity index (χ1n) is 29.5. The molecule has 4 aliphatic rings. The Balaban J connectivity index is 0.813. The number of hydrogen-bond acceptors (Lipinski definition) is 15. The van der Waals surface area contributed by atoms with Crippen molar-refractivity contribution in [3.8, 4) is 27.7 Å². The Kier molecular flexibility index (Phi) is 19.1. The summed E-state index contributed by atoms with van der Waals surface area (Å²) in [5, 5.41) is 13.6. The number of ketones is 1. The minimum Gasteiger partial charge on any atom is -0.462 e. The van der Waals surface area contributed by atoms with E-state index in [0.717, 1.165) is 73.0 Å². The van der Waals surface area contributed by atoms with Gasteiger partial charge in [0.2, 0.25) is 11.8 Å². The number of rotatable bonds is 19. The Morgan fingerprint density at radius 3 is 2.27 bits per heavy atom. The molecule has 7 atom stereocenters. The minimum atomic E-state index is -4.93. The molecular formula is C62H79ClF4N10O7S. The van der Waals surface area contributed by atoms with Crippen molar-refractivity contribution >= 4 is 69.2 Å². The molecule has 0 aliphatic carbocycles. The van der Waals surface area contributed by atoms with Crippen LogP contribution in [0, 0.1) is 25.1 Å². The number of alkyl halides is 3. The molecule has 3 aromatic heterocycles. The zero-order valence-corrected chi connectivity index (χ0v) is 51.5. The summed E-state index contributed by atoms with van der Waals surface area (Å²) in [6.45, 7) is 18.5. The van der Waals surface area contributed by atoms with E-state index in [0.29, 0.717) is 32.4 Å². The van der Waals surface area contributed by atoms with Gasteiger partial charge in [0.25, 0.3) is 0 Å². The molecule has 2 unspecified atom stereocenters. The smallest absolute Gasteiger partial charge is 0.418 e. The number of likely N-dealkylation sites (tertiary alicyclic amines) is 2. The predicted octanol–water partition coefficient (Wildman–Crippen LogP) is 11.5. The van der Waals surface area contributed by atoms with Gasteiger partial charge in [0.15, 0.2) is 11.6 Å². The Bertz CT molecular complexity index is 3270. The molecular weight excluding hydrogens is 1140 g/mol. The van der Waals surface area contributed by atoms with Crippen molar-refractivity contribution in [2.24, 2.45) is 5.41 Å². The van der Waals surface area contributed by atoms with Gasteiger partial charge in [-0.3, -0.25) is 24.2 Å². The predicted molar refractivity (Wildman–Crippen MR) is 320 cm³/mol.